The van der Waals surface area contributed by atoms with Crippen LogP contribution in [-0.4, -0.2) is 38.1 Å². The molecule has 23 heavy (non-hydrogen) atoms. The van der Waals surface area contributed by atoms with Gasteiger partial charge in [0.1, 0.15) is 11.5 Å². The molecule has 2 aromatic rings. The van der Waals surface area contributed by atoms with Crippen LogP contribution >= 0.6 is 0 Å². The van der Waals surface area contributed by atoms with Crippen LogP contribution in [0.15, 0.2) is 18.2 Å². The van der Waals surface area contributed by atoms with Gasteiger partial charge in [-0.1, -0.05) is 19.4 Å². The summed E-state index contributed by atoms with van der Waals surface area (Å²) in [6.07, 6.45) is 5.80. The van der Waals surface area contributed by atoms with Gasteiger partial charge in [0.25, 0.3) is 0 Å². The third-order valence-corrected chi connectivity index (χ3v) is 3.29. The first kappa shape index (κ1) is 16.7. The Morgan fingerprint density at radius 3 is 2.91 bits per heavy atom. The molecule has 0 unspecified atom stereocenters. The van der Waals surface area contributed by atoms with Gasteiger partial charge in [-0.2, -0.15) is 5.21 Å². The van der Waals surface area contributed by atoms with Gasteiger partial charge in [-0.15, -0.1) is 10.2 Å². The second-order valence-electron chi connectivity index (χ2n) is 5.05. The van der Waals surface area contributed by atoms with Gasteiger partial charge >= 0.3 is 0 Å². The van der Waals surface area contributed by atoms with E-state index in [9.17, 15) is 9.90 Å². The molecule has 122 valence electrons. The minimum atomic E-state index is -0.158. The number of hydrogen-bond acceptors (Lipinski definition) is 6. The lowest BCUT2D eigenvalue weighted by atomic mass is 10.0. The largest absolute Gasteiger partial charge is 0.507 e. The number of carbonyl (C=O) groups is 1. The van der Waals surface area contributed by atoms with E-state index in [1.54, 1.807) is 18.2 Å². The molecule has 1 aromatic heterocycles. The molecule has 0 radical (unpaired) electrons. The van der Waals surface area contributed by atoms with Crippen molar-refractivity contribution in [3.05, 3.63) is 35.2 Å². The number of hydrogen-bond donors (Lipinski definition) is 2. The van der Waals surface area contributed by atoms with Gasteiger partial charge in [-0.25, -0.2) is 0 Å². The average Bonchev–Trinajstić information content (AvgIpc) is 3.03. The maximum atomic E-state index is 11.5. The smallest absolute Gasteiger partial charge is 0.197 e. The summed E-state index contributed by atoms with van der Waals surface area (Å²) in [5, 5.41) is 23.7. The zero-order valence-corrected chi connectivity index (χ0v) is 13.2. The van der Waals surface area contributed by atoms with Crippen LogP contribution in [0.3, 0.4) is 0 Å². The van der Waals surface area contributed by atoms with Crippen LogP contribution in [0, 0.1) is 0 Å². The Morgan fingerprint density at radius 2 is 2.26 bits per heavy atom. The standard InChI is InChI=1S/C16H20N4O3/c1-3-6-13-14(9-8-12(11(2)21)16(13)22)23-10-5-4-7-15-17-19-20-18-15/h4,7-9,22H,3,5-6,10H2,1-2H3,(H,17,18,19,20). The number of aromatic hydroxyl groups is 1. The maximum Gasteiger partial charge on any atom is 0.197 e. The van der Waals surface area contributed by atoms with E-state index in [1.165, 1.54) is 6.92 Å². The molecule has 0 aliphatic carbocycles. The molecular weight excluding hydrogens is 296 g/mol. The summed E-state index contributed by atoms with van der Waals surface area (Å²) in [5.41, 5.74) is 1.01. The highest BCUT2D eigenvalue weighted by Gasteiger charge is 2.15. The van der Waals surface area contributed by atoms with Gasteiger partial charge in [0, 0.05) is 5.56 Å². The number of benzene rings is 1. The molecule has 7 nitrogen and oxygen atoms in total. The van der Waals surface area contributed by atoms with Crippen molar-refractivity contribution in [2.24, 2.45) is 0 Å². The fourth-order valence-electron chi connectivity index (χ4n) is 2.19. The quantitative estimate of drug-likeness (QED) is 0.573. The van der Waals surface area contributed by atoms with Crippen molar-refractivity contribution in [3.8, 4) is 11.5 Å². The number of Topliss-reactive ketones (excluding diaryl/α,β-unsaturated/α-hetero) is 1. The Labute approximate surface area is 134 Å². The van der Waals surface area contributed by atoms with Crippen molar-refractivity contribution in [2.45, 2.75) is 33.1 Å². The van der Waals surface area contributed by atoms with E-state index >= 15 is 0 Å². The number of tetrazole rings is 1. The molecule has 0 amide bonds. The molecule has 0 fully saturated rings. The fourth-order valence-corrected chi connectivity index (χ4v) is 2.19. The third-order valence-electron chi connectivity index (χ3n) is 3.29. The molecule has 0 aliphatic rings. The number of ketones is 1. The first-order valence-corrected chi connectivity index (χ1v) is 7.52. The molecule has 7 heteroatoms. The number of H-pyrrole nitrogens is 1. The molecule has 0 atom stereocenters. The van der Waals surface area contributed by atoms with Gasteiger partial charge in [-0.3, -0.25) is 4.79 Å². The number of aromatic nitrogens is 4. The van der Waals surface area contributed by atoms with E-state index in [1.807, 2.05) is 13.0 Å². The summed E-state index contributed by atoms with van der Waals surface area (Å²) in [5.74, 6) is 0.996. The molecular formula is C16H20N4O3. The van der Waals surface area contributed by atoms with E-state index in [-0.39, 0.29) is 11.5 Å². The van der Waals surface area contributed by atoms with Crippen LogP contribution in [0.1, 0.15) is 48.4 Å². The van der Waals surface area contributed by atoms with Crippen molar-refractivity contribution in [3.63, 3.8) is 0 Å². The van der Waals surface area contributed by atoms with E-state index in [0.717, 1.165) is 6.42 Å². The predicted molar refractivity (Wildman–Crippen MR) is 85.4 cm³/mol. The minimum Gasteiger partial charge on any atom is -0.507 e. The van der Waals surface area contributed by atoms with Gasteiger partial charge in [0.15, 0.2) is 11.6 Å². The molecule has 0 saturated heterocycles. The summed E-state index contributed by atoms with van der Waals surface area (Å²) < 4.78 is 5.74. The summed E-state index contributed by atoms with van der Waals surface area (Å²) >= 11 is 0. The minimum absolute atomic E-state index is 0.0270. The zero-order valence-electron chi connectivity index (χ0n) is 13.2. The van der Waals surface area contributed by atoms with Gasteiger partial charge in [-0.05, 0) is 43.2 Å². The van der Waals surface area contributed by atoms with E-state index in [0.29, 0.717) is 42.1 Å². The molecule has 0 spiro atoms. The molecule has 0 saturated carbocycles. The van der Waals surface area contributed by atoms with Crippen LogP contribution in [-0.2, 0) is 6.42 Å². The number of nitrogens with zero attached hydrogens (tertiary/aromatic N) is 3. The Hall–Kier alpha value is -2.70. The highest BCUT2D eigenvalue weighted by atomic mass is 16.5. The monoisotopic (exact) mass is 316 g/mol. The van der Waals surface area contributed by atoms with E-state index in [4.69, 9.17) is 4.74 Å². The van der Waals surface area contributed by atoms with Crippen molar-refractivity contribution < 1.29 is 14.6 Å². The first-order valence-electron chi connectivity index (χ1n) is 7.52. The Balaban J connectivity index is 2.01. The van der Waals surface area contributed by atoms with Crippen molar-refractivity contribution in [1.29, 1.82) is 0 Å². The van der Waals surface area contributed by atoms with Gasteiger partial charge < -0.3 is 9.84 Å². The molecule has 2 N–H and O–H groups in total. The fraction of sp³-hybridized carbons (Fsp3) is 0.375. The summed E-state index contributed by atoms with van der Waals surface area (Å²) in [4.78, 5) is 11.5. The lowest BCUT2D eigenvalue weighted by Crippen LogP contribution is -2.03. The average molecular weight is 316 g/mol. The van der Waals surface area contributed by atoms with Crippen molar-refractivity contribution in [2.75, 3.05) is 6.61 Å². The number of phenolic OH excluding ortho intramolecular Hbond substituents is 1. The van der Waals surface area contributed by atoms with Gasteiger partial charge in [0.2, 0.25) is 0 Å². The lowest BCUT2D eigenvalue weighted by Gasteiger charge is -2.14. The van der Waals surface area contributed by atoms with Crippen LogP contribution in [0.5, 0.6) is 11.5 Å². The lowest BCUT2D eigenvalue weighted by molar-refractivity contribution is 0.101. The molecule has 1 heterocycles. The summed E-state index contributed by atoms with van der Waals surface area (Å²) in [6.45, 7) is 3.90. The highest BCUT2D eigenvalue weighted by Crippen LogP contribution is 2.33. The topological polar surface area (TPSA) is 101 Å². The normalized spacial score (nSPS) is 11.0. The van der Waals surface area contributed by atoms with Crippen LogP contribution in [0.4, 0.5) is 0 Å². The second kappa shape index (κ2) is 8.07. The number of rotatable bonds is 8. The zero-order chi connectivity index (χ0) is 16.7. The Bertz CT molecular complexity index is 681. The van der Waals surface area contributed by atoms with E-state index < -0.39 is 0 Å². The molecule has 0 bridgehead atoms. The third kappa shape index (κ3) is 4.38. The van der Waals surface area contributed by atoms with Gasteiger partial charge in [0.05, 0.1) is 12.2 Å². The Morgan fingerprint density at radius 1 is 1.43 bits per heavy atom. The van der Waals surface area contributed by atoms with Crippen molar-refractivity contribution in [1.82, 2.24) is 20.6 Å². The van der Waals surface area contributed by atoms with Crippen LogP contribution in [0.25, 0.3) is 6.08 Å². The predicted octanol–water partition coefficient (Wildman–Crippen LogP) is 2.54. The van der Waals surface area contributed by atoms with Crippen LogP contribution < -0.4 is 4.74 Å². The number of ether oxygens (including phenoxy) is 1. The van der Waals surface area contributed by atoms with Crippen molar-refractivity contribution >= 4 is 11.9 Å². The SMILES string of the molecule is CCCc1c(OCCC=Cc2nn[nH]n2)ccc(C(C)=O)c1O. The molecule has 2 rings (SSSR count). The summed E-state index contributed by atoms with van der Waals surface area (Å²) in [7, 11) is 0. The maximum absolute atomic E-state index is 11.5. The number of carbonyl (C=O) groups excluding carboxylic acids is 1. The highest BCUT2D eigenvalue weighted by molar-refractivity contribution is 5.97. The first-order chi connectivity index (χ1) is 11.1. The Kier molecular flexibility index (Phi) is 5.85. The second-order valence-corrected chi connectivity index (χ2v) is 5.05. The molecule has 0 aliphatic heterocycles. The number of aromatic amines is 1. The summed E-state index contributed by atoms with van der Waals surface area (Å²) in [6, 6.07) is 3.34. The number of phenols is 1. The molecule has 1 aromatic carbocycles. The van der Waals surface area contributed by atoms with E-state index in [2.05, 4.69) is 20.6 Å². The number of nitrogens with one attached hydrogen (secondary N) is 1. The van der Waals surface area contributed by atoms with Crippen LogP contribution in [0.2, 0.25) is 0 Å².